The van der Waals surface area contributed by atoms with Gasteiger partial charge in [0.05, 0.1) is 38.8 Å². The predicted octanol–water partition coefficient (Wildman–Crippen LogP) is 4.50. The van der Waals surface area contributed by atoms with Gasteiger partial charge in [-0.3, -0.25) is 9.13 Å². The summed E-state index contributed by atoms with van der Waals surface area (Å²) < 4.78 is 47.6. The second-order valence-corrected chi connectivity index (χ2v) is 11.7. The van der Waals surface area contributed by atoms with Gasteiger partial charge >= 0.3 is 15.2 Å². The molecule has 0 aliphatic heterocycles. The molecule has 34 heavy (non-hydrogen) atoms. The van der Waals surface area contributed by atoms with E-state index in [1.165, 1.54) is 6.33 Å². The maximum absolute atomic E-state index is 13.0. The molecule has 0 aliphatic carbocycles. The number of hydrogen-bond donors (Lipinski definition) is 1. The molecule has 0 fully saturated rings. The first-order valence-corrected chi connectivity index (χ1v) is 15.1. The Balaban J connectivity index is 3.00. The molecule has 11 nitrogen and oxygen atoms in total. The molecular weight excluding hydrogens is 504 g/mol. The zero-order valence-corrected chi connectivity index (χ0v) is 23.1. The standard InChI is InChI=1S/C20H38ClN5O6P2/c1-6-26(20-18(22)19(21)23-17-24-20)12-11-25(13-15-33(27,29-7-2)30-8-3)14-16-34(28,31-9-4)32-10-5/h6,17H,1,7-16,22H2,2-5H3. The van der Waals surface area contributed by atoms with Crippen molar-refractivity contribution >= 4 is 38.3 Å². The maximum atomic E-state index is 13.0. The summed E-state index contributed by atoms with van der Waals surface area (Å²) in [6, 6.07) is 0. The molecule has 0 saturated heterocycles. The lowest BCUT2D eigenvalue weighted by molar-refractivity contribution is 0.207. The van der Waals surface area contributed by atoms with Crippen LogP contribution in [-0.2, 0) is 27.2 Å². The van der Waals surface area contributed by atoms with Crippen LogP contribution in [0.25, 0.3) is 0 Å². The van der Waals surface area contributed by atoms with Gasteiger partial charge in [0.15, 0.2) is 11.0 Å². The number of nitrogen functional groups attached to an aromatic ring is 1. The van der Waals surface area contributed by atoms with E-state index in [9.17, 15) is 9.13 Å². The first-order chi connectivity index (χ1) is 16.2. The molecule has 1 rings (SSSR count). The Morgan fingerprint density at radius 3 is 1.79 bits per heavy atom. The van der Waals surface area contributed by atoms with E-state index >= 15 is 0 Å². The normalized spacial score (nSPS) is 12.3. The summed E-state index contributed by atoms with van der Waals surface area (Å²) in [5, 5.41) is 0.150. The summed E-state index contributed by atoms with van der Waals surface area (Å²) in [5.41, 5.74) is 6.27. The predicted molar refractivity (Wildman–Crippen MR) is 137 cm³/mol. The highest BCUT2D eigenvalue weighted by Crippen LogP contribution is 2.49. The number of nitrogens with two attached hydrogens (primary N) is 1. The Kier molecular flexibility index (Phi) is 14.5. The van der Waals surface area contributed by atoms with Gasteiger partial charge in [-0.25, -0.2) is 9.97 Å². The molecular formula is C20H38ClN5O6P2. The highest BCUT2D eigenvalue weighted by atomic mass is 35.5. The Labute approximate surface area is 208 Å². The molecule has 1 heterocycles. The Morgan fingerprint density at radius 2 is 1.38 bits per heavy atom. The smallest absolute Gasteiger partial charge is 0.331 e. The lowest BCUT2D eigenvalue weighted by atomic mass is 10.4. The topological polar surface area (TPSA) is 129 Å². The minimum Gasteiger partial charge on any atom is -0.393 e. The highest BCUT2D eigenvalue weighted by Gasteiger charge is 2.28. The Bertz CT molecular complexity index is 796. The van der Waals surface area contributed by atoms with Crippen LogP contribution in [0.3, 0.4) is 0 Å². The van der Waals surface area contributed by atoms with E-state index in [2.05, 4.69) is 16.5 Å². The largest absolute Gasteiger partial charge is 0.393 e. The van der Waals surface area contributed by atoms with Crippen LogP contribution in [0.4, 0.5) is 11.5 Å². The fourth-order valence-electron chi connectivity index (χ4n) is 3.11. The van der Waals surface area contributed by atoms with Crippen LogP contribution in [0.5, 0.6) is 0 Å². The van der Waals surface area contributed by atoms with Gasteiger partial charge in [0.2, 0.25) is 0 Å². The molecule has 0 aromatic carbocycles. The van der Waals surface area contributed by atoms with Crippen molar-refractivity contribution < 1.29 is 27.2 Å². The molecule has 2 N–H and O–H groups in total. The number of hydrogen-bond acceptors (Lipinski definition) is 11. The Morgan fingerprint density at radius 1 is 0.912 bits per heavy atom. The van der Waals surface area contributed by atoms with Crippen LogP contribution in [0.2, 0.25) is 5.15 Å². The third kappa shape index (κ3) is 10.3. The fraction of sp³-hybridized carbons (Fsp3) is 0.700. The van der Waals surface area contributed by atoms with Crippen molar-refractivity contribution in [3.63, 3.8) is 0 Å². The fourth-order valence-corrected chi connectivity index (χ4v) is 6.53. The summed E-state index contributed by atoms with van der Waals surface area (Å²) in [6.45, 7) is 13.7. The van der Waals surface area contributed by atoms with E-state index in [0.717, 1.165) is 0 Å². The summed E-state index contributed by atoms with van der Waals surface area (Å²) >= 11 is 6.03. The van der Waals surface area contributed by atoms with Gasteiger partial charge in [0, 0.05) is 26.2 Å². The van der Waals surface area contributed by atoms with Gasteiger partial charge < -0.3 is 33.6 Å². The highest BCUT2D eigenvalue weighted by molar-refractivity contribution is 7.54. The lowest BCUT2D eigenvalue weighted by Crippen LogP contribution is -2.37. The molecule has 0 bridgehead atoms. The van der Waals surface area contributed by atoms with Crippen LogP contribution in [0, 0.1) is 0 Å². The van der Waals surface area contributed by atoms with Crippen LogP contribution in [-0.4, -0.2) is 79.8 Å². The van der Waals surface area contributed by atoms with E-state index in [1.54, 1.807) is 38.8 Å². The molecule has 1 aromatic rings. The first-order valence-electron chi connectivity index (χ1n) is 11.3. The van der Waals surface area contributed by atoms with E-state index in [0.29, 0.717) is 32.0 Å². The quantitative estimate of drug-likeness (QED) is 0.196. The second kappa shape index (κ2) is 15.9. The molecule has 0 amide bonds. The SMILES string of the molecule is C=CN(CCN(CCP(=O)(OCC)OCC)CCP(=O)(OCC)OCC)c1ncnc(Cl)c1N. The van der Waals surface area contributed by atoms with Gasteiger partial charge in [-0.2, -0.15) is 0 Å². The molecule has 14 heteroatoms. The number of halogens is 1. The third-order valence-corrected chi connectivity index (χ3v) is 9.05. The number of anilines is 2. The summed E-state index contributed by atoms with van der Waals surface area (Å²) in [5.74, 6) is 0.429. The second-order valence-electron chi connectivity index (χ2n) is 6.96. The van der Waals surface area contributed by atoms with Gasteiger partial charge in [-0.15, -0.1) is 0 Å². The number of aromatic nitrogens is 2. The molecule has 0 radical (unpaired) electrons. The zero-order chi connectivity index (χ0) is 25.6. The van der Waals surface area contributed by atoms with Crippen LogP contribution in [0.15, 0.2) is 19.1 Å². The molecule has 0 spiro atoms. The molecule has 1 aromatic heterocycles. The monoisotopic (exact) mass is 541 g/mol. The maximum Gasteiger partial charge on any atom is 0.331 e. The average molecular weight is 542 g/mol. The van der Waals surface area contributed by atoms with Crippen molar-refractivity contribution in [3.8, 4) is 0 Å². The van der Waals surface area contributed by atoms with Crippen molar-refractivity contribution in [2.75, 3.05) is 75.6 Å². The van der Waals surface area contributed by atoms with E-state index in [1.807, 2.05) is 4.90 Å². The first kappa shape index (κ1) is 31.0. The summed E-state index contributed by atoms with van der Waals surface area (Å²) in [6.07, 6.45) is 3.27. The van der Waals surface area contributed by atoms with Crippen molar-refractivity contribution in [2.24, 2.45) is 0 Å². The van der Waals surface area contributed by atoms with Crippen molar-refractivity contribution in [3.05, 3.63) is 24.3 Å². The minimum absolute atomic E-state index is 0.150. The lowest BCUT2D eigenvalue weighted by Gasteiger charge is -2.29. The van der Waals surface area contributed by atoms with Crippen LogP contribution >= 0.6 is 26.8 Å². The van der Waals surface area contributed by atoms with E-state index < -0.39 is 15.2 Å². The zero-order valence-electron chi connectivity index (χ0n) is 20.5. The minimum atomic E-state index is -3.25. The molecule has 0 atom stereocenters. The van der Waals surface area contributed by atoms with Crippen molar-refractivity contribution in [1.29, 1.82) is 0 Å². The van der Waals surface area contributed by atoms with Crippen molar-refractivity contribution in [1.82, 2.24) is 14.9 Å². The Hall–Kier alpha value is -1.03. The van der Waals surface area contributed by atoms with Crippen LogP contribution in [0.1, 0.15) is 27.7 Å². The van der Waals surface area contributed by atoms with Crippen LogP contribution < -0.4 is 10.6 Å². The molecule has 0 aliphatic rings. The molecule has 196 valence electrons. The van der Waals surface area contributed by atoms with E-state index in [4.69, 9.17) is 35.4 Å². The van der Waals surface area contributed by atoms with Gasteiger partial charge in [0.25, 0.3) is 0 Å². The molecule has 0 saturated carbocycles. The molecule has 0 unspecified atom stereocenters. The van der Waals surface area contributed by atoms with Gasteiger partial charge in [-0.05, 0) is 33.9 Å². The van der Waals surface area contributed by atoms with Gasteiger partial charge in [0.1, 0.15) is 12.0 Å². The van der Waals surface area contributed by atoms with Crippen molar-refractivity contribution in [2.45, 2.75) is 27.7 Å². The van der Waals surface area contributed by atoms with Gasteiger partial charge in [-0.1, -0.05) is 18.2 Å². The number of nitrogens with zero attached hydrogens (tertiary/aromatic N) is 4. The van der Waals surface area contributed by atoms with E-state index in [-0.39, 0.29) is 49.6 Å². The number of rotatable bonds is 19. The third-order valence-electron chi connectivity index (χ3n) is 4.65. The summed E-state index contributed by atoms with van der Waals surface area (Å²) in [4.78, 5) is 11.8. The average Bonchev–Trinajstić information content (AvgIpc) is 2.78. The summed E-state index contributed by atoms with van der Waals surface area (Å²) in [7, 11) is -6.51.